The first-order chi connectivity index (χ1) is 8.33. The van der Waals surface area contributed by atoms with Crippen LogP contribution in [0.2, 0.25) is 0 Å². The molecule has 0 radical (unpaired) electrons. The fraction of sp³-hybridized carbons (Fsp3) is 0.154. The summed E-state index contributed by atoms with van der Waals surface area (Å²) in [7, 11) is 0. The highest BCUT2D eigenvalue weighted by Gasteiger charge is 2.04. The minimum atomic E-state index is 0.461. The van der Waals surface area contributed by atoms with Gasteiger partial charge >= 0.3 is 0 Å². The van der Waals surface area contributed by atoms with Crippen LogP contribution in [0.4, 0.5) is 0 Å². The second-order valence-corrected chi connectivity index (χ2v) is 4.50. The number of thioether (sulfide) groups is 1. The second kappa shape index (κ2) is 5.94. The maximum absolute atomic E-state index is 5.77. The van der Waals surface area contributed by atoms with E-state index in [1.807, 2.05) is 42.7 Å². The van der Waals surface area contributed by atoms with Crippen molar-refractivity contribution >= 4 is 23.4 Å². The van der Waals surface area contributed by atoms with Gasteiger partial charge in [-0.25, -0.2) is 4.98 Å². The van der Waals surface area contributed by atoms with Gasteiger partial charge in [-0.05, 0) is 30.0 Å². The molecular formula is C13H12ClNOS. The summed E-state index contributed by atoms with van der Waals surface area (Å²) in [6.45, 7) is 0. The highest BCUT2D eigenvalue weighted by Crippen LogP contribution is 2.30. The SMILES string of the molecule is CSc1ccccc1Oc1cc(CCl)ccn1. The van der Waals surface area contributed by atoms with Gasteiger partial charge in [-0.1, -0.05) is 12.1 Å². The van der Waals surface area contributed by atoms with Crippen molar-refractivity contribution in [2.75, 3.05) is 6.26 Å². The van der Waals surface area contributed by atoms with E-state index < -0.39 is 0 Å². The smallest absolute Gasteiger partial charge is 0.219 e. The fourth-order valence-electron chi connectivity index (χ4n) is 1.41. The molecule has 0 aliphatic carbocycles. The molecule has 0 aliphatic rings. The predicted molar refractivity (Wildman–Crippen MR) is 72.1 cm³/mol. The number of hydrogen-bond acceptors (Lipinski definition) is 3. The van der Waals surface area contributed by atoms with E-state index in [0.29, 0.717) is 11.8 Å². The summed E-state index contributed by atoms with van der Waals surface area (Å²) in [6.07, 6.45) is 3.72. The van der Waals surface area contributed by atoms with Crippen LogP contribution in [0.1, 0.15) is 5.56 Å². The van der Waals surface area contributed by atoms with Crippen molar-refractivity contribution in [3.8, 4) is 11.6 Å². The molecule has 0 spiro atoms. The summed E-state index contributed by atoms with van der Waals surface area (Å²) in [5, 5.41) is 0. The summed E-state index contributed by atoms with van der Waals surface area (Å²) in [5.74, 6) is 1.85. The molecule has 1 aromatic carbocycles. The number of alkyl halides is 1. The molecule has 1 heterocycles. The van der Waals surface area contributed by atoms with Crippen LogP contribution < -0.4 is 4.74 Å². The van der Waals surface area contributed by atoms with Gasteiger partial charge in [0.05, 0.1) is 0 Å². The molecule has 0 unspecified atom stereocenters. The number of halogens is 1. The Bertz CT molecular complexity index is 504. The molecule has 0 bridgehead atoms. The summed E-state index contributed by atoms with van der Waals surface area (Å²) in [6, 6.07) is 11.6. The van der Waals surface area contributed by atoms with Gasteiger partial charge in [0.15, 0.2) is 0 Å². The zero-order valence-electron chi connectivity index (χ0n) is 9.39. The lowest BCUT2D eigenvalue weighted by Crippen LogP contribution is -1.90. The molecule has 0 fully saturated rings. The summed E-state index contributed by atoms with van der Waals surface area (Å²) >= 11 is 7.42. The van der Waals surface area contributed by atoms with Crippen molar-refractivity contribution in [2.24, 2.45) is 0 Å². The number of nitrogens with zero attached hydrogens (tertiary/aromatic N) is 1. The van der Waals surface area contributed by atoms with Crippen LogP contribution >= 0.6 is 23.4 Å². The Balaban J connectivity index is 2.24. The van der Waals surface area contributed by atoms with Crippen LogP contribution in [0.25, 0.3) is 0 Å². The van der Waals surface area contributed by atoms with E-state index in [9.17, 15) is 0 Å². The maximum atomic E-state index is 5.77. The van der Waals surface area contributed by atoms with E-state index in [0.717, 1.165) is 16.2 Å². The first kappa shape index (κ1) is 12.3. The van der Waals surface area contributed by atoms with Crippen LogP contribution in [0.3, 0.4) is 0 Å². The Kier molecular flexibility index (Phi) is 4.29. The Hall–Kier alpha value is -1.19. The molecule has 2 aromatic rings. The summed E-state index contributed by atoms with van der Waals surface area (Å²) in [5.41, 5.74) is 0.998. The first-order valence-corrected chi connectivity index (χ1v) is 6.91. The molecule has 17 heavy (non-hydrogen) atoms. The molecule has 0 saturated carbocycles. The average molecular weight is 266 g/mol. The summed E-state index contributed by atoms with van der Waals surface area (Å²) in [4.78, 5) is 5.26. The molecule has 2 nitrogen and oxygen atoms in total. The first-order valence-electron chi connectivity index (χ1n) is 5.15. The molecule has 1 aromatic heterocycles. The monoisotopic (exact) mass is 265 g/mol. The molecule has 0 aliphatic heterocycles. The number of hydrogen-bond donors (Lipinski definition) is 0. The van der Waals surface area contributed by atoms with E-state index in [1.54, 1.807) is 18.0 Å². The lowest BCUT2D eigenvalue weighted by atomic mass is 10.3. The van der Waals surface area contributed by atoms with Gasteiger partial charge < -0.3 is 4.74 Å². The van der Waals surface area contributed by atoms with Crippen LogP contribution in [0.5, 0.6) is 11.6 Å². The molecule has 2 rings (SSSR count). The van der Waals surface area contributed by atoms with Gasteiger partial charge in [-0.15, -0.1) is 23.4 Å². The molecule has 0 amide bonds. The Morgan fingerprint density at radius 3 is 2.88 bits per heavy atom. The standard InChI is InChI=1S/C13H12ClNOS/c1-17-12-5-3-2-4-11(12)16-13-8-10(9-14)6-7-15-13/h2-8H,9H2,1H3. The quantitative estimate of drug-likeness (QED) is 0.607. The number of pyridine rings is 1. The average Bonchev–Trinajstić information content (AvgIpc) is 2.39. The van der Waals surface area contributed by atoms with Gasteiger partial charge in [0.2, 0.25) is 5.88 Å². The number of ether oxygens (including phenoxy) is 1. The lowest BCUT2D eigenvalue weighted by Gasteiger charge is -2.08. The normalized spacial score (nSPS) is 10.2. The minimum absolute atomic E-state index is 0.461. The maximum Gasteiger partial charge on any atom is 0.219 e. The lowest BCUT2D eigenvalue weighted by molar-refractivity contribution is 0.452. The third-order valence-corrected chi connectivity index (χ3v) is 3.32. The van der Waals surface area contributed by atoms with Gasteiger partial charge in [0, 0.05) is 23.0 Å². The molecule has 0 saturated heterocycles. The molecule has 0 atom stereocenters. The molecule has 0 N–H and O–H groups in total. The van der Waals surface area contributed by atoms with Crippen molar-refractivity contribution in [3.63, 3.8) is 0 Å². The Morgan fingerprint density at radius 1 is 1.29 bits per heavy atom. The zero-order valence-corrected chi connectivity index (χ0v) is 11.0. The van der Waals surface area contributed by atoms with Gasteiger partial charge in [0.25, 0.3) is 0 Å². The third kappa shape index (κ3) is 3.14. The van der Waals surface area contributed by atoms with Crippen molar-refractivity contribution in [1.82, 2.24) is 4.98 Å². The largest absolute Gasteiger partial charge is 0.438 e. The van der Waals surface area contributed by atoms with Crippen molar-refractivity contribution in [1.29, 1.82) is 0 Å². The number of benzene rings is 1. The van der Waals surface area contributed by atoms with E-state index in [1.165, 1.54) is 0 Å². The van der Waals surface area contributed by atoms with Crippen molar-refractivity contribution < 1.29 is 4.74 Å². The molecule has 4 heteroatoms. The zero-order chi connectivity index (χ0) is 12.1. The second-order valence-electron chi connectivity index (χ2n) is 3.39. The highest BCUT2D eigenvalue weighted by atomic mass is 35.5. The Labute approximate surface area is 110 Å². The van der Waals surface area contributed by atoms with Crippen LogP contribution in [0, 0.1) is 0 Å². The topological polar surface area (TPSA) is 22.1 Å². The molecule has 88 valence electrons. The summed E-state index contributed by atoms with van der Waals surface area (Å²) < 4.78 is 5.75. The van der Waals surface area contributed by atoms with Crippen molar-refractivity contribution in [2.45, 2.75) is 10.8 Å². The minimum Gasteiger partial charge on any atom is -0.438 e. The number of para-hydroxylation sites is 1. The van der Waals surface area contributed by atoms with E-state index in [2.05, 4.69) is 4.98 Å². The number of aromatic nitrogens is 1. The van der Waals surface area contributed by atoms with Gasteiger partial charge in [-0.2, -0.15) is 0 Å². The fourth-order valence-corrected chi connectivity index (χ4v) is 2.10. The predicted octanol–water partition coefficient (Wildman–Crippen LogP) is 4.33. The van der Waals surface area contributed by atoms with E-state index >= 15 is 0 Å². The van der Waals surface area contributed by atoms with E-state index in [4.69, 9.17) is 16.3 Å². The molecular weight excluding hydrogens is 254 g/mol. The van der Waals surface area contributed by atoms with E-state index in [-0.39, 0.29) is 0 Å². The van der Waals surface area contributed by atoms with Gasteiger partial charge in [0.1, 0.15) is 5.75 Å². The van der Waals surface area contributed by atoms with Crippen LogP contribution in [0.15, 0.2) is 47.5 Å². The Morgan fingerprint density at radius 2 is 2.12 bits per heavy atom. The highest BCUT2D eigenvalue weighted by molar-refractivity contribution is 7.98. The number of rotatable bonds is 4. The van der Waals surface area contributed by atoms with Crippen LogP contribution in [-0.2, 0) is 5.88 Å². The third-order valence-electron chi connectivity index (χ3n) is 2.24. The van der Waals surface area contributed by atoms with Crippen LogP contribution in [-0.4, -0.2) is 11.2 Å². The van der Waals surface area contributed by atoms with Crippen molar-refractivity contribution in [3.05, 3.63) is 48.2 Å². The van der Waals surface area contributed by atoms with Gasteiger partial charge in [-0.3, -0.25) is 0 Å².